The molecule has 0 bridgehead atoms. The highest BCUT2D eigenvalue weighted by Gasteiger charge is 2.34. The van der Waals surface area contributed by atoms with E-state index in [1.54, 1.807) is 31.2 Å². The molecular formula is C18H18O3. The van der Waals surface area contributed by atoms with E-state index in [0.29, 0.717) is 5.56 Å². The Balaban J connectivity index is 2.32. The number of hydrogen-bond acceptors (Lipinski definition) is 3. The Morgan fingerprint density at radius 1 is 1.05 bits per heavy atom. The quantitative estimate of drug-likeness (QED) is 0.472. The van der Waals surface area contributed by atoms with Crippen LogP contribution in [0.4, 0.5) is 0 Å². The third-order valence-corrected chi connectivity index (χ3v) is 3.27. The molecule has 108 valence electrons. The smallest absolute Gasteiger partial charge is 0.317 e. The number of esters is 1. The first-order chi connectivity index (χ1) is 10.2. The van der Waals surface area contributed by atoms with E-state index in [-0.39, 0.29) is 18.3 Å². The molecule has 0 saturated heterocycles. The molecule has 1 atom stereocenters. The van der Waals surface area contributed by atoms with Crippen LogP contribution in [-0.2, 0) is 9.53 Å². The molecule has 0 saturated carbocycles. The van der Waals surface area contributed by atoms with Crippen molar-refractivity contribution in [1.29, 1.82) is 0 Å². The van der Waals surface area contributed by atoms with E-state index in [0.717, 1.165) is 0 Å². The summed E-state index contributed by atoms with van der Waals surface area (Å²) >= 11 is 0. The maximum absolute atomic E-state index is 12.7. The highest BCUT2D eigenvalue weighted by molar-refractivity contribution is 6.09. The molecule has 1 aromatic rings. The maximum Gasteiger partial charge on any atom is 0.317 e. The maximum atomic E-state index is 12.7. The predicted octanol–water partition coefficient (Wildman–Crippen LogP) is 3.35. The van der Waals surface area contributed by atoms with Gasteiger partial charge in [0.2, 0.25) is 0 Å². The van der Waals surface area contributed by atoms with Crippen LogP contribution in [0.25, 0.3) is 0 Å². The van der Waals surface area contributed by atoms with Crippen molar-refractivity contribution >= 4 is 11.8 Å². The summed E-state index contributed by atoms with van der Waals surface area (Å²) in [5, 5.41) is 0. The SMILES string of the molecule is CCOC(=O)C(C(=O)c1ccccc1)C1C=CC=CC=C1. The first kappa shape index (κ1) is 15.0. The molecule has 0 aromatic heterocycles. The second-order valence-electron chi connectivity index (χ2n) is 4.69. The van der Waals surface area contributed by atoms with E-state index in [9.17, 15) is 9.59 Å². The lowest BCUT2D eigenvalue weighted by molar-refractivity contribution is -0.146. The van der Waals surface area contributed by atoms with Crippen LogP contribution in [0.1, 0.15) is 17.3 Å². The first-order valence-electron chi connectivity index (χ1n) is 7.01. The number of allylic oxidation sites excluding steroid dienone is 6. The molecule has 0 amide bonds. The van der Waals surface area contributed by atoms with Gasteiger partial charge in [0.25, 0.3) is 0 Å². The Bertz CT molecular complexity index is 566. The largest absolute Gasteiger partial charge is 0.465 e. The van der Waals surface area contributed by atoms with Gasteiger partial charge in [0.15, 0.2) is 5.78 Å². The number of rotatable bonds is 5. The Morgan fingerprint density at radius 2 is 1.67 bits per heavy atom. The molecular weight excluding hydrogens is 264 g/mol. The Kier molecular flexibility index (Phi) is 5.27. The third kappa shape index (κ3) is 3.78. The van der Waals surface area contributed by atoms with Crippen molar-refractivity contribution in [3.63, 3.8) is 0 Å². The second-order valence-corrected chi connectivity index (χ2v) is 4.69. The van der Waals surface area contributed by atoms with Crippen LogP contribution in [0.3, 0.4) is 0 Å². The molecule has 0 heterocycles. The third-order valence-electron chi connectivity index (χ3n) is 3.27. The summed E-state index contributed by atoms with van der Waals surface area (Å²) in [6, 6.07) is 8.85. The van der Waals surface area contributed by atoms with Gasteiger partial charge in [-0.3, -0.25) is 9.59 Å². The zero-order valence-electron chi connectivity index (χ0n) is 11.9. The summed E-state index contributed by atoms with van der Waals surface area (Å²) in [4.78, 5) is 24.9. The number of carbonyl (C=O) groups excluding carboxylic acids is 2. The van der Waals surface area contributed by atoms with E-state index < -0.39 is 11.9 Å². The minimum absolute atomic E-state index is 0.213. The number of benzene rings is 1. The lowest BCUT2D eigenvalue weighted by atomic mass is 9.85. The summed E-state index contributed by atoms with van der Waals surface area (Å²) in [6.45, 7) is 2.00. The highest BCUT2D eigenvalue weighted by atomic mass is 16.5. The fourth-order valence-electron chi connectivity index (χ4n) is 2.25. The summed E-state index contributed by atoms with van der Waals surface area (Å²) in [5.74, 6) is -1.84. The predicted molar refractivity (Wildman–Crippen MR) is 81.8 cm³/mol. The minimum atomic E-state index is -0.847. The van der Waals surface area contributed by atoms with Gasteiger partial charge in [0.1, 0.15) is 5.92 Å². The molecule has 0 fully saturated rings. The van der Waals surface area contributed by atoms with Gasteiger partial charge in [-0.1, -0.05) is 66.8 Å². The zero-order valence-corrected chi connectivity index (χ0v) is 11.9. The lowest BCUT2D eigenvalue weighted by Crippen LogP contribution is -2.31. The summed E-state index contributed by atoms with van der Waals surface area (Å²) in [5.41, 5.74) is 0.523. The van der Waals surface area contributed by atoms with Gasteiger partial charge in [0, 0.05) is 11.5 Å². The average molecular weight is 282 g/mol. The first-order valence-corrected chi connectivity index (χ1v) is 7.01. The van der Waals surface area contributed by atoms with Crippen LogP contribution in [0, 0.1) is 11.8 Å². The van der Waals surface area contributed by atoms with Crippen molar-refractivity contribution in [1.82, 2.24) is 0 Å². The van der Waals surface area contributed by atoms with Gasteiger partial charge in [-0.05, 0) is 6.92 Å². The van der Waals surface area contributed by atoms with Gasteiger partial charge in [0.05, 0.1) is 6.61 Å². The van der Waals surface area contributed by atoms with E-state index in [1.165, 1.54) is 0 Å². The lowest BCUT2D eigenvalue weighted by Gasteiger charge is -2.19. The van der Waals surface area contributed by atoms with E-state index >= 15 is 0 Å². The zero-order chi connectivity index (χ0) is 15.1. The molecule has 0 spiro atoms. The van der Waals surface area contributed by atoms with Crippen molar-refractivity contribution in [2.24, 2.45) is 11.8 Å². The fraction of sp³-hybridized carbons (Fsp3) is 0.222. The minimum Gasteiger partial charge on any atom is -0.465 e. The van der Waals surface area contributed by atoms with Gasteiger partial charge in [-0.15, -0.1) is 0 Å². The van der Waals surface area contributed by atoms with Crippen LogP contribution in [0.5, 0.6) is 0 Å². The van der Waals surface area contributed by atoms with Crippen molar-refractivity contribution in [2.75, 3.05) is 6.61 Å². The molecule has 3 heteroatoms. The van der Waals surface area contributed by atoms with Crippen molar-refractivity contribution in [2.45, 2.75) is 6.92 Å². The topological polar surface area (TPSA) is 43.4 Å². The molecule has 1 unspecified atom stereocenters. The molecule has 2 rings (SSSR count). The molecule has 1 aromatic carbocycles. The van der Waals surface area contributed by atoms with Gasteiger partial charge < -0.3 is 4.74 Å². The monoisotopic (exact) mass is 282 g/mol. The molecule has 0 aliphatic heterocycles. The molecule has 0 N–H and O–H groups in total. The second kappa shape index (κ2) is 7.39. The number of ketones is 1. The normalized spacial score (nSPS) is 15.5. The van der Waals surface area contributed by atoms with E-state index in [1.807, 2.05) is 42.5 Å². The van der Waals surface area contributed by atoms with Crippen LogP contribution < -0.4 is 0 Å². The van der Waals surface area contributed by atoms with E-state index in [4.69, 9.17) is 4.74 Å². The fourth-order valence-corrected chi connectivity index (χ4v) is 2.25. The number of ether oxygens (including phenoxy) is 1. The molecule has 1 aliphatic carbocycles. The van der Waals surface area contributed by atoms with Crippen LogP contribution in [0.2, 0.25) is 0 Å². The van der Waals surface area contributed by atoms with Gasteiger partial charge in [-0.2, -0.15) is 0 Å². The standard InChI is InChI=1S/C18H18O3/c1-2-21-18(20)16(14-10-6-3-4-7-11-14)17(19)15-12-8-5-9-13-15/h3-14,16H,2H2,1H3. The van der Waals surface area contributed by atoms with Crippen LogP contribution >= 0.6 is 0 Å². The van der Waals surface area contributed by atoms with Crippen LogP contribution in [-0.4, -0.2) is 18.4 Å². The van der Waals surface area contributed by atoms with Crippen molar-refractivity contribution < 1.29 is 14.3 Å². The molecule has 3 nitrogen and oxygen atoms in total. The van der Waals surface area contributed by atoms with Crippen molar-refractivity contribution in [3.05, 3.63) is 72.4 Å². The van der Waals surface area contributed by atoms with E-state index in [2.05, 4.69) is 0 Å². The van der Waals surface area contributed by atoms with Gasteiger partial charge >= 0.3 is 5.97 Å². The van der Waals surface area contributed by atoms with Crippen molar-refractivity contribution in [3.8, 4) is 0 Å². The molecule has 1 aliphatic rings. The number of Topliss-reactive ketones (excluding diaryl/α,β-unsaturated/α-hetero) is 1. The Labute approximate surface area is 124 Å². The van der Waals surface area contributed by atoms with Gasteiger partial charge in [-0.25, -0.2) is 0 Å². The summed E-state index contributed by atoms with van der Waals surface area (Å²) in [7, 11) is 0. The summed E-state index contributed by atoms with van der Waals surface area (Å²) in [6.07, 6.45) is 11.1. The Hall–Kier alpha value is -2.42. The highest BCUT2D eigenvalue weighted by Crippen LogP contribution is 2.23. The Morgan fingerprint density at radius 3 is 2.24 bits per heavy atom. The number of carbonyl (C=O) groups is 2. The summed E-state index contributed by atoms with van der Waals surface area (Å²) < 4.78 is 5.09. The molecule has 0 radical (unpaired) electrons. The average Bonchev–Trinajstić information content (AvgIpc) is 2.78. The van der Waals surface area contributed by atoms with Crippen LogP contribution in [0.15, 0.2) is 66.8 Å². The molecule has 21 heavy (non-hydrogen) atoms. The number of hydrogen-bond donors (Lipinski definition) is 0.